The van der Waals surface area contributed by atoms with Crippen LogP contribution in [0.4, 0.5) is 8.78 Å². The largest absolute Gasteiger partial charge is 0.314 e. The van der Waals surface area contributed by atoms with E-state index in [2.05, 4.69) is 5.32 Å². The molecule has 3 heteroatoms. The molecule has 0 amide bonds. The van der Waals surface area contributed by atoms with Crippen LogP contribution >= 0.6 is 0 Å². The van der Waals surface area contributed by atoms with Crippen LogP contribution < -0.4 is 5.32 Å². The highest BCUT2D eigenvalue weighted by Crippen LogP contribution is 2.15. The van der Waals surface area contributed by atoms with E-state index < -0.39 is 12.8 Å². The van der Waals surface area contributed by atoms with Gasteiger partial charge < -0.3 is 5.32 Å². The van der Waals surface area contributed by atoms with Gasteiger partial charge in [0.2, 0.25) is 0 Å². The average Bonchev–Trinajstić information content (AvgIpc) is 1.89. The predicted molar refractivity (Wildman–Crippen MR) is 31.8 cm³/mol. The number of rotatable bonds is 1. The number of nitrogens with one attached hydrogen (secondary N) is 1. The molecule has 0 aliphatic carbocycles. The van der Waals surface area contributed by atoms with Crippen molar-refractivity contribution in [2.24, 2.45) is 5.92 Å². The zero-order valence-corrected chi connectivity index (χ0v) is 5.24. The first-order chi connectivity index (χ1) is 4.34. The molecule has 1 aliphatic rings. The smallest absolute Gasteiger partial charge is 0.118 e. The van der Waals surface area contributed by atoms with Crippen LogP contribution in [0.1, 0.15) is 6.42 Å². The third-order valence-corrected chi connectivity index (χ3v) is 1.74. The molecule has 0 bridgehead atoms. The Kier molecular flexibility index (Phi) is 2.39. The maximum absolute atomic E-state index is 12.5. The monoisotopic (exact) mass is 135 g/mol. The first-order valence-electron chi connectivity index (χ1n) is 3.25. The van der Waals surface area contributed by atoms with Crippen LogP contribution in [0.25, 0.3) is 0 Å². The topological polar surface area (TPSA) is 12.0 Å². The van der Waals surface area contributed by atoms with Crippen molar-refractivity contribution in [1.29, 1.82) is 0 Å². The Morgan fingerprint density at radius 2 is 2.33 bits per heavy atom. The first-order valence-corrected chi connectivity index (χ1v) is 3.25. The fourth-order valence-corrected chi connectivity index (χ4v) is 1.05. The maximum Gasteiger partial charge on any atom is 0.118 e. The van der Waals surface area contributed by atoms with E-state index in [1.165, 1.54) is 0 Å². The van der Waals surface area contributed by atoms with Crippen molar-refractivity contribution in [2.75, 3.05) is 19.8 Å². The Labute approximate surface area is 53.4 Å². The molecule has 1 nitrogen and oxygen atoms in total. The van der Waals surface area contributed by atoms with Crippen LogP contribution in [0, 0.1) is 5.92 Å². The van der Waals surface area contributed by atoms with Crippen molar-refractivity contribution in [3.8, 4) is 0 Å². The van der Waals surface area contributed by atoms with Gasteiger partial charge in [0.1, 0.15) is 6.17 Å². The van der Waals surface area contributed by atoms with Gasteiger partial charge in [-0.15, -0.1) is 0 Å². The summed E-state index contributed by atoms with van der Waals surface area (Å²) >= 11 is 0. The fourth-order valence-electron chi connectivity index (χ4n) is 1.05. The number of hydrogen-bond acceptors (Lipinski definition) is 1. The Bertz CT molecular complexity index is 87.1. The molecular weight excluding hydrogens is 124 g/mol. The van der Waals surface area contributed by atoms with Gasteiger partial charge in [0.15, 0.2) is 0 Å². The summed E-state index contributed by atoms with van der Waals surface area (Å²) in [5.74, 6) is -0.341. The molecule has 1 rings (SSSR count). The predicted octanol–water partition coefficient (Wildman–Crippen LogP) is 0.903. The van der Waals surface area contributed by atoms with Gasteiger partial charge in [0, 0.05) is 12.5 Å². The standard InChI is InChI=1S/C6H11F2N/c7-3-5-1-2-9-4-6(5)8/h5-6,9H,1-4H2/t5-,6-/m0/s1. The molecule has 0 spiro atoms. The van der Waals surface area contributed by atoms with Gasteiger partial charge in [-0.1, -0.05) is 0 Å². The molecule has 0 aromatic carbocycles. The molecule has 1 aliphatic heterocycles. The van der Waals surface area contributed by atoms with Crippen molar-refractivity contribution in [1.82, 2.24) is 5.32 Å². The Morgan fingerprint density at radius 1 is 1.56 bits per heavy atom. The van der Waals surface area contributed by atoms with E-state index in [1.54, 1.807) is 0 Å². The van der Waals surface area contributed by atoms with Gasteiger partial charge in [-0.3, -0.25) is 4.39 Å². The van der Waals surface area contributed by atoms with Crippen molar-refractivity contribution in [3.05, 3.63) is 0 Å². The zero-order valence-electron chi connectivity index (χ0n) is 5.24. The lowest BCUT2D eigenvalue weighted by Crippen LogP contribution is -2.38. The minimum Gasteiger partial charge on any atom is -0.314 e. The molecule has 1 fully saturated rings. The quantitative estimate of drug-likeness (QED) is 0.563. The third-order valence-electron chi connectivity index (χ3n) is 1.74. The van der Waals surface area contributed by atoms with E-state index in [0.717, 1.165) is 6.54 Å². The lowest BCUT2D eigenvalue weighted by molar-refractivity contribution is 0.151. The van der Waals surface area contributed by atoms with Crippen LogP contribution in [0.2, 0.25) is 0 Å². The molecule has 9 heavy (non-hydrogen) atoms. The van der Waals surface area contributed by atoms with E-state index >= 15 is 0 Å². The van der Waals surface area contributed by atoms with Crippen LogP contribution in [0.5, 0.6) is 0 Å². The van der Waals surface area contributed by atoms with Gasteiger partial charge in [-0.05, 0) is 13.0 Å². The summed E-state index contributed by atoms with van der Waals surface area (Å²) in [6, 6.07) is 0. The Balaban J connectivity index is 2.30. The van der Waals surface area contributed by atoms with Crippen molar-refractivity contribution >= 4 is 0 Å². The van der Waals surface area contributed by atoms with Gasteiger partial charge >= 0.3 is 0 Å². The second-order valence-corrected chi connectivity index (χ2v) is 2.42. The second kappa shape index (κ2) is 3.11. The molecule has 2 atom stereocenters. The van der Waals surface area contributed by atoms with E-state index in [1.807, 2.05) is 0 Å². The van der Waals surface area contributed by atoms with Crippen molar-refractivity contribution < 1.29 is 8.78 Å². The van der Waals surface area contributed by atoms with Crippen molar-refractivity contribution in [2.45, 2.75) is 12.6 Å². The molecule has 1 N–H and O–H groups in total. The van der Waals surface area contributed by atoms with Gasteiger partial charge in [-0.2, -0.15) is 0 Å². The minimum atomic E-state index is -0.969. The summed E-state index contributed by atoms with van der Waals surface area (Å²) in [6.07, 6.45) is -0.332. The summed E-state index contributed by atoms with van der Waals surface area (Å²) in [5.41, 5.74) is 0. The van der Waals surface area contributed by atoms with E-state index in [4.69, 9.17) is 0 Å². The molecule has 1 heterocycles. The van der Waals surface area contributed by atoms with Crippen LogP contribution in [0.3, 0.4) is 0 Å². The zero-order chi connectivity index (χ0) is 6.69. The molecule has 0 aromatic heterocycles. The first kappa shape index (κ1) is 6.93. The maximum atomic E-state index is 12.5. The highest BCUT2D eigenvalue weighted by Gasteiger charge is 2.23. The third kappa shape index (κ3) is 1.61. The minimum absolute atomic E-state index is 0.328. The number of hydrogen-bond donors (Lipinski definition) is 1. The lowest BCUT2D eigenvalue weighted by Gasteiger charge is -2.23. The highest BCUT2D eigenvalue weighted by atomic mass is 19.1. The summed E-state index contributed by atoms with van der Waals surface area (Å²) in [7, 11) is 0. The molecule has 0 unspecified atom stereocenters. The number of alkyl halides is 2. The summed E-state index contributed by atoms with van der Waals surface area (Å²) in [6.45, 7) is 0.576. The Hall–Kier alpha value is -0.180. The SMILES string of the molecule is FC[C@@H]1CCNC[C@@H]1F. The fraction of sp³-hybridized carbons (Fsp3) is 1.00. The Morgan fingerprint density at radius 3 is 2.78 bits per heavy atom. The molecule has 0 saturated carbocycles. The molecule has 0 radical (unpaired) electrons. The summed E-state index contributed by atoms with van der Waals surface area (Å²) in [5, 5.41) is 2.86. The highest BCUT2D eigenvalue weighted by molar-refractivity contribution is 4.76. The number of piperidine rings is 1. The molecule has 54 valence electrons. The summed E-state index contributed by atoms with van der Waals surface area (Å²) in [4.78, 5) is 0. The second-order valence-electron chi connectivity index (χ2n) is 2.42. The van der Waals surface area contributed by atoms with Crippen LogP contribution in [0.15, 0.2) is 0 Å². The molecular formula is C6H11F2N. The van der Waals surface area contributed by atoms with Gasteiger partial charge in [0.05, 0.1) is 6.67 Å². The van der Waals surface area contributed by atoms with Gasteiger partial charge in [0.25, 0.3) is 0 Å². The van der Waals surface area contributed by atoms with E-state index in [-0.39, 0.29) is 5.92 Å². The lowest BCUT2D eigenvalue weighted by atomic mass is 9.98. The van der Waals surface area contributed by atoms with Crippen molar-refractivity contribution in [3.63, 3.8) is 0 Å². The normalized spacial score (nSPS) is 36.7. The number of halogens is 2. The summed E-state index contributed by atoms with van der Waals surface area (Å²) < 4.78 is 24.4. The van der Waals surface area contributed by atoms with Crippen LogP contribution in [-0.4, -0.2) is 25.9 Å². The van der Waals surface area contributed by atoms with Crippen LogP contribution in [-0.2, 0) is 0 Å². The van der Waals surface area contributed by atoms with E-state index in [9.17, 15) is 8.78 Å². The molecule has 1 saturated heterocycles. The van der Waals surface area contributed by atoms with Gasteiger partial charge in [-0.25, -0.2) is 4.39 Å². The van der Waals surface area contributed by atoms with E-state index in [0.29, 0.717) is 13.0 Å². The molecule has 0 aromatic rings. The average molecular weight is 135 g/mol.